The van der Waals surface area contributed by atoms with Crippen molar-refractivity contribution in [2.24, 2.45) is 0 Å². The Kier molecular flexibility index (Phi) is 6.35. The molecular weight excluding hydrogens is 475 g/mol. The van der Waals surface area contributed by atoms with E-state index in [1.165, 1.54) is 17.4 Å². The molecule has 0 saturated carbocycles. The van der Waals surface area contributed by atoms with Crippen LogP contribution < -0.4 is 5.32 Å². The van der Waals surface area contributed by atoms with Crippen molar-refractivity contribution in [1.82, 2.24) is 19.8 Å². The van der Waals surface area contributed by atoms with E-state index in [4.69, 9.17) is 0 Å². The number of carbonyl (C=O) groups excluding carboxylic acids is 1. The molecule has 6 nitrogen and oxygen atoms in total. The van der Waals surface area contributed by atoms with Gasteiger partial charge in [-0.3, -0.25) is 9.69 Å². The van der Waals surface area contributed by atoms with Crippen LogP contribution in [-0.2, 0) is 11.0 Å². The molecule has 2 N–H and O–H groups in total. The Bertz CT molecular complexity index is 1350. The number of hydrogen-bond acceptors (Lipinski definition) is 5. The summed E-state index contributed by atoms with van der Waals surface area (Å²) in [7, 11) is 2.08. The lowest BCUT2D eigenvalue weighted by Gasteiger charge is -2.31. The van der Waals surface area contributed by atoms with Crippen molar-refractivity contribution in [3.8, 4) is 21.1 Å². The van der Waals surface area contributed by atoms with Crippen LogP contribution >= 0.6 is 11.3 Å². The van der Waals surface area contributed by atoms with Crippen LogP contribution in [0.1, 0.15) is 5.56 Å². The Morgan fingerprint density at radius 3 is 2.60 bits per heavy atom. The van der Waals surface area contributed by atoms with Gasteiger partial charge in [-0.05, 0) is 55.1 Å². The van der Waals surface area contributed by atoms with Crippen molar-refractivity contribution in [3.63, 3.8) is 0 Å². The van der Waals surface area contributed by atoms with Gasteiger partial charge in [0.1, 0.15) is 5.82 Å². The first-order chi connectivity index (χ1) is 16.7. The molecular formula is C25H24F3N5OS. The number of alkyl halides is 3. The number of nitrogens with one attached hydrogen (secondary N) is 2. The number of likely N-dealkylation sites (N-methyl/N-ethyl adjacent to an activating group) is 1. The maximum Gasteiger partial charge on any atom is 0.416 e. The van der Waals surface area contributed by atoms with Gasteiger partial charge in [0.2, 0.25) is 5.91 Å². The summed E-state index contributed by atoms with van der Waals surface area (Å²) in [6.07, 6.45) is -4.40. The fourth-order valence-electron chi connectivity index (χ4n) is 4.08. The van der Waals surface area contributed by atoms with Crippen LogP contribution in [0.4, 0.5) is 18.9 Å². The second kappa shape index (κ2) is 9.44. The predicted octanol–water partition coefficient (Wildman–Crippen LogP) is 5.16. The summed E-state index contributed by atoms with van der Waals surface area (Å²) in [6.45, 7) is 4.03. The van der Waals surface area contributed by atoms with Crippen LogP contribution in [0.5, 0.6) is 0 Å². The van der Waals surface area contributed by atoms with E-state index < -0.39 is 11.7 Å². The largest absolute Gasteiger partial charge is 0.416 e. The van der Waals surface area contributed by atoms with E-state index in [1.54, 1.807) is 0 Å². The number of imidazole rings is 1. The van der Waals surface area contributed by atoms with Crippen LogP contribution in [0, 0.1) is 0 Å². The molecule has 0 aliphatic carbocycles. The van der Waals surface area contributed by atoms with Gasteiger partial charge in [0.05, 0.1) is 28.0 Å². The lowest BCUT2D eigenvalue weighted by molar-refractivity contribution is -0.137. The number of nitrogens with zero attached hydrogens (tertiary/aromatic N) is 3. The third kappa shape index (κ3) is 5.39. The number of anilines is 1. The van der Waals surface area contributed by atoms with Crippen molar-refractivity contribution in [2.75, 3.05) is 45.1 Å². The molecule has 1 amide bonds. The van der Waals surface area contributed by atoms with Gasteiger partial charge in [-0.25, -0.2) is 4.98 Å². The number of halogens is 3. The van der Waals surface area contributed by atoms with Gasteiger partial charge in [-0.15, -0.1) is 11.3 Å². The molecule has 10 heteroatoms. The smallest absolute Gasteiger partial charge is 0.337 e. The molecule has 1 aliphatic heterocycles. The fourth-order valence-corrected chi connectivity index (χ4v) is 5.03. The zero-order valence-electron chi connectivity index (χ0n) is 19.0. The highest BCUT2D eigenvalue weighted by Gasteiger charge is 2.30. The van der Waals surface area contributed by atoms with Crippen molar-refractivity contribution < 1.29 is 18.0 Å². The third-order valence-corrected chi connectivity index (χ3v) is 7.18. The Labute approximate surface area is 204 Å². The van der Waals surface area contributed by atoms with Crippen LogP contribution in [0.2, 0.25) is 0 Å². The van der Waals surface area contributed by atoms with Crippen LogP contribution in [0.25, 0.3) is 32.2 Å². The summed E-state index contributed by atoms with van der Waals surface area (Å²) in [5.74, 6) is 0.478. The van der Waals surface area contributed by atoms with Crippen molar-refractivity contribution in [1.29, 1.82) is 0 Å². The molecule has 4 aromatic rings. The van der Waals surface area contributed by atoms with Crippen LogP contribution in [-0.4, -0.2) is 65.4 Å². The number of rotatable bonds is 5. The molecule has 0 unspecified atom stereocenters. The normalized spacial score (nSPS) is 15.5. The average molecular weight is 500 g/mol. The Balaban J connectivity index is 1.30. The summed E-state index contributed by atoms with van der Waals surface area (Å²) >= 11 is 1.48. The molecule has 0 spiro atoms. The second-order valence-corrected chi connectivity index (χ2v) is 9.77. The van der Waals surface area contributed by atoms with E-state index in [2.05, 4.69) is 32.1 Å². The summed E-state index contributed by atoms with van der Waals surface area (Å²) in [5, 5.41) is 2.98. The van der Waals surface area contributed by atoms with Gasteiger partial charge >= 0.3 is 6.18 Å². The standard InChI is InChI=1S/C25H24F3N5OS/c1-32-9-11-33(12-10-32)15-23(34)29-18-4-2-3-16(13-18)21-7-8-22(35-21)24-30-19-6-5-17(25(26,27)28)14-20(19)31-24/h2-8,13-14H,9-12,15H2,1H3,(H,29,34)(H,30,31). The highest BCUT2D eigenvalue weighted by Crippen LogP contribution is 2.36. The highest BCUT2D eigenvalue weighted by molar-refractivity contribution is 7.18. The van der Waals surface area contributed by atoms with Gasteiger partial charge in [0.25, 0.3) is 0 Å². The Morgan fingerprint density at radius 2 is 1.83 bits per heavy atom. The van der Waals surface area contributed by atoms with Crippen molar-refractivity contribution >= 4 is 34.0 Å². The van der Waals surface area contributed by atoms with Gasteiger partial charge in [-0.1, -0.05) is 12.1 Å². The van der Waals surface area contributed by atoms with E-state index in [9.17, 15) is 18.0 Å². The first-order valence-corrected chi connectivity index (χ1v) is 12.0. The minimum Gasteiger partial charge on any atom is -0.337 e. The van der Waals surface area contributed by atoms with Gasteiger partial charge in [-0.2, -0.15) is 13.2 Å². The minimum absolute atomic E-state index is 0.0425. The summed E-state index contributed by atoms with van der Waals surface area (Å²) in [5.41, 5.74) is 1.77. The molecule has 0 bridgehead atoms. The van der Waals surface area contributed by atoms with Crippen molar-refractivity contribution in [2.45, 2.75) is 6.18 Å². The number of hydrogen-bond donors (Lipinski definition) is 2. The number of thiophene rings is 1. The van der Waals surface area contributed by atoms with E-state index in [0.717, 1.165) is 59.3 Å². The van der Waals surface area contributed by atoms with Crippen LogP contribution in [0.3, 0.4) is 0 Å². The predicted molar refractivity (Wildman–Crippen MR) is 132 cm³/mol. The van der Waals surface area contributed by atoms with Crippen molar-refractivity contribution in [3.05, 3.63) is 60.2 Å². The third-order valence-electron chi connectivity index (χ3n) is 6.04. The molecule has 2 aromatic heterocycles. The lowest BCUT2D eigenvalue weighted by Crippen LogP contribution is -2.47. The molecule has 1 aliphatic rings. The molecule has 5 rings (SSSR count). The first kappa shape index (κ1) is 23.5. The van der Waals surface area contributed by atoms with Gasteiger partial charge in [0, 0.05) is 36.7 Å². The Hall–Kier alpha value is -3.21. The van der Waals surface area contributed by atoms with E-state index in [-0.39, 0.29) is 5.91 Å². The number of amides is 1. The molecule has 1 saturated heterocycles. The SMILES string of the molecule is CN1CCN(CC(=O)Nc2cccc(-c3ccc(-c4nc5ccc(C(F)(F)F)cc5[nH]4)s3)c2)CC1. The number of fused-ring (bicyclic) bond motifs is 1. The maximum atomic E-state index is 13.0. The highest BCUT2D eigenvalue weighted by atomic mass is 32.1. The van der Waals surface area contributed by atoms with Crippen LogP contribution in [0.15, 0.2) is 54.6 Å². The second-order valence-electron chi connectivity index (χ2n) is 8.69. The summed E-state index contributed by atoms with van der Waals surface area (Å²) in [4.78, 5) is 26.2. The zero-order valence-corrected chi connectivity index (χ0v) is 19.8. The van der Waals surface area contributed by atoms with E-state index in [1.807, 2.05) is 36.4 Å². The first-order valence-electron chi connectivity index (χ1n) is 11.2. The Morgan fingerprint density at radius 1 is 1.06 bits per heavy atom. The van der Waals surface area contributed by atoms with E-state index in [0.29, 0.717) is 23.4 Å². The molecule has 1 fully saturated rings. The van der Waals surface area contributed by atoms with Gasteiger partial charge in [0.15, 0.2) is 0 Å². The molecule has 35 heavy (non-hydrogen) atoms. The maximum absolute atomic E-state index is 13.0. The molecule has 3 heterocycles. The number of carbonyl (C=O) groups is 1. The number of benzene rings is 2. The fraction of sp³-hybridized carbons (Fsp3) is 0.280. The number of aromatic nitrogens is 2. The topological polar surface area (TPSA) is 64.3 Å². The minimum atomic E-state index is -4.40. The average Bonchev–Trinajstić information content (AvgIpc) is 3.47. The summed E-state index contributed by atoms with van der Waals surface area (Å²) < 4.78 is 39.1. The number of H-pyrrole nitrogens is 1. The van der Waals surface area contributed by atoms with E-state index >= 15 is 0 Å². The number of piperazine rings is 1. The summed E-state index contributed by atoms with van der Waals surface area (Å²) in [6, 6.07) is 15.0. The molecule has 182 valence electrons. The molecule has 0 atom stereocenters. The molecule has 0 radical (unpaired) electrons. The lowest BCUT2D eigenvalue weighted by atomic mass is 10.1. The zero-order chi connectivity index (χ0) is 24.6. The molecule has 2 aromatic carbocycles. The monoisotopic (exact) mass is 499 g/mol. The number of aromatic amines is 1. The quantitative estimate of drug-likeness (QED) is 0.398. The van der Waals surface area contributed by atoms with Gasteiger partial charge < -0.3 is 15.2 Å².